The summed E-state index contributed by atoms with van der Waals surface area (Å²) in [4.78, 5) is 22.5. The molecule has 6 nitrogen and oxygen atoms in total. The Morgan fingerprint density at radius 1 is 1.39 bits per heavy atom. The van der Waals surface area contributed by atoms with Gasteiger partial charge in [-0.05, 0) is 45.6 Å². The number of thiazole rings is 1. The number of likely N-dealkylation sites (tertiary alicyclic amines) is 1. The van der Waals surface area contributed by atoms with Crippen molar-refractivity contribution < 1.29 is 9.53 Å². The molecule has 2 unspecified atom stereocenters. The standard InChI is InChI=1S/C19H25ClN4O2S2/c1-19(2,3)26-18(25)23-8-11-4-5-24(13(6-11)9-23)16-15(22-17(21)28-16)14-7-12(20)10-27-14/h7,10-11,13H,4-6,8-9H2,1-3H3,(H2,21,22). The first-order valence-corrected chi connectivity index (χ1v) is 11.5. The zero-order valence-corrected chi connectivity index (χ0v) is 18.7. The average molecular weight is 441 g/mol. The van der Waals surface area contributed by atoms with E-state index >= 15 is 0 Å². The summed E-state index contributed by atoms with van der Waals surface area (Å²) in [7, 11) is 0. The van der Waals surface area contributed by atoms with Crippen molar-refractivity contribution >= 4 is 50.5 Å². The fourth-order valence-electron chi connectivity index (χ4n) is 3.98. The molecule has 1 amide bonds. The molecule has 9 heteroatoms. The highest BCUT2D eigenvalue weighted by Crippen LogP contribution is 2.44. The first kappa shape index (κ1) is 19.8. The van der Waals surface area contributed by atoms with E-state index in [0.717, 1.165) is 41.5 Å². The number of aromatic nitrogens is 1. The number of rotatable bonds is 2. The van der Waals surface area contributed by atoms with Crippen LogP contribution in [0.15, 0.2) is 11.4 Å². The van der Waals surface area contributed by atoms with E-state index in [1.165, 1.54) is 11.3 Å². The van der Waals surface area contributed by atoms with E-state index in [-0.39, 0.29) is 12.1 Å². The molecule has 2 aromatic rings. The average Bonchev–Trinajstić information content (AvgIpc) is 3.19. The molecule has 4 heterocycles. The number of ether oxygens (including phenoxy) is 1. The Morgan fingerprint density at radius 3 is 2.86 bits per heavy atom. The number of hydrogen-bond acceptors (Lipinski definition) is 7. The van der Waals surface area contributed by atoms with Crippen LogP contribution in [0.4, 0.5) is 14.9 Å². The maximum Gasteiger partial charge on any atom is 0.410 e. The van der Waals surface area contributed by atoms with Crippen molar-refractivity contribution in [1.29, 1.82) is 0 Å². The summed E-state index contributed by atoms with van der Waals surface area (Å²) in [5.41, 5.74) is 6.48. The van der Waals surface area contributed by atoms with Gasteiger partial charge in [0.2, 0.25) is 0 Å². The molecule has 0 saturated carbocycles. The number of amides is 1. The van der Waals surface area contributed by atoms with Crippen molar-refractivity contribution in [2.45, 2.75) is 45.3 Å². The van der Waals surface area contributed by atoms with Crippen molar-refractivity contribution in [2.24, 2.45) is 5.92 Å². The summed E-state index contributed by atoms with van der Waals surface area (Å²) in [5.74, 6) is 0.507. The van der Waals surface area contributed by atoms with Crippen LogP contribution in [0, 0.1) is 5.92 Å². The number of carbonyl (C=O) groups excluding carboxylic acids is 1. The van der Waals surface area contributed by atoms with Crippen LogP contribution in [0.25, 0.3) is 10.6 Å². The molecule has 2 bridgehead atoms. The molecular weight excluding hydrogens is 416 g/mol. The summed E-state index contributed by atoms with van der Waals surface area (Å²) in [5, 5.41) is 4.25. The van der Waals surface area contributed by atoms with Gasteiger partial charge in [0.05, 0.1) is 9.90 Å². The van der Waals surface area contributed by atoms with Gasteiger partial charge in [-0.25, -0.2) is 9.78 Å². The quantitative estimate of drug-likeness (QED) is 0.715. The maximum atomic E-state index is 12.6. The van der Waals surface area contributed by atoms with Gasteiger partial charge in [-0.15, -0.1) is 11.3 Å². The molecule has 0 aromatic carbocycles. The first-order valence-electron chi connectivity index (χ1n) is 9.45. The van der Waals surface area contributed by atoms with Crippen LogP contribution in [0.1, 0.15) is 33.6 Å². The minimum atomic E-state index is -0.485. The fourth-order valence-corrected chi connectivity index (χ4v) is 6.05. The van der Waals surface area contributed by atoms with E-state index in [9.17, 15) is 4.79 Å². The highest BCUT2D eigenvalue weighted by atomic mass is 35.5. The minimum Gasteiger partial charge on any atom is -0.444 e. The Balaban J connectivity index is 1.58. The van der Waals surface area contributed by atoms with Gasteiger partial charge >= 0.3 is 6.09 Å². The van der Waals surface area contributed by atoms with Gasteiger partial charge in [0.15, 0.2) is 5.13 Å². The molecule has 2 atom stereocenters. The van der Waals surface area contributed by atoms with Gasteiger partial charge < -0.3 is 20.3 Å². The molecule has 152 valence electrons. The molecule has 0 radical (unpaired) electrons. The normalized spacial score (nSPS) is 22.4. The lowest BCUT2D eigenvalue weighted by molar-refractivity contribution is 0.0113. The molecule has 0 aliphatic carbocycles. The Bertz CT molecular complexity index is 876. The second-order valence-electron chi connectivity index (χ2n) is 8.46. The summed E-state index contributed by atoms with van der Waals surface area (Å²) in [6.45, 7) is 8.10. The molecule has 2 aliphatic heterocycles. The summed E-state index contributed by atoms with van der Waals surface area (Å²) in [6.07, 6.45) is 1.89. The molecular formula is C19H25ClN4O2S2. The van der Waals surface area contributed by atoms with Crippen LogP contribution in [0.3, 0.4) is 0 Å². The van der Waals surface area contributed by atoms with E-state index in [1.54, 1.807) is 11.3 Å². The van der Waals surface area contributed by atoms with Crippen molar-refractivity contribution in [2.75, 3.05) is 30.3 Å². The third-order valence-corrected chi connectivity index (χ3v) is 7.28. The molecule has 2 saturated heterocycles. The van der Waals surface area contributed by atoms with Gasteiger partial charge in [-0.3, -0.25) is 0 Å². The molecule has 4 rings (SSSR count). The lowest BCUT2D eigenvalue weighted by atomic mass is 9.86. The van der Waals surface area contributed by atoms with Crippen LogP contribution in [-0.2, 0) is 4.74 Å². The number of thiophene rings is 1. The first-order chi connectivity index (χ1) is 13.2. The summed E-state index contributed by atoms with van der Waals surface area (Å²) >= 11 is 9.21. The highest BCUT2D eigenvalue weighted by Gasteiger charge is 2.39. The SMILES string of the molecule is CC(C)(C)OC(=O)N1CC2CCN(c3sc(N)nc3-c3cc(Cl)cs3)C(C2)C1. The zero-order chi connectivity index (χ0) is 20.1. The molecule has 28 heavy (non-hydrogen) atoms. The molecule has 2 aliphatic rings. The monoisotopic (exact) mass is 440 g/mol. The molecule has 2 N–H and O–H groups in total. The predicted octanol–water partition coefficient (Wildman–Crippen LogP) is 4.94. The summed E-state index contributed by atoms with van der Waals surface area (Å²) < 4.78 is 5.61. The molecule has 0 spiro atoms. The lowest BCUT2D eigenvalue weighted by Gasteiger charge is -2.47. The van der Waals surface area contributed by atoms with Crippen LogP contribution in [-0.4, -0.2) is 47.3 Å². The fraction of sp³-hybridized carbons (Fsp3) is 0.579. The largest absolute Gasteiger partial charge is 0.444 e. The second kappa shape index (κ2) is 7.39. The second-order valence-corrected chi connectivity index (χ2v) is 10.8. The third kappa shape index (κ3) is 4.09. The number of carbonyl (C=O) groups is 1. The van der Waals surface area contributed by atoms with E-state index < -0.39 is 5.60 Å². The number of piperidine rings is 2. The Hall–Kier alpha value is -1.51. The number of hydrogen-bond donors (Lipinski definition) is 1. The van der Waals surface area contributed by atoms with Crippen LogP contribution >= 0.6 is 34.3 Å². The number of nitrogens with two attached hydrogens (primary N) is 1. The third-order valence-electron chi connectivity index (χ3n) is 5.07. The minimum absolute atomic E-state index is 0.224. The summed E-state index contributed by atoms with van der Waals surface area (Å²) in [6, 6.07) is 2.18. The van der Waals surface area contributed by atoms with Crippen molar-refractivity contribution in [1.82, 2.24) is 9.88 Å². The number of anilines is 2. The number of nitrogen functional groups attached to an aromatic ring is 1. The number of halogens is 1. The van der Waals surface area contributed by atoms with Crippen molar-refractivity contribution in [3.8, 4) is 10.6 Å². The Kier molecular flexibility index (Phi) is 5.22. The lowest BCUT2D eigenvalue weighted by Crippen LogP contribution is -2.57. The van der Waals surface area contributed by atoms with Crippen LogP contribution < -0.4 is 10.6 Å². The Labute approximate surface area is 178 Å². The topological polar surface area (TPSA) is 71.7 Å². The van der Waals surface area contributed by atoms with Gasteiger partial charge in [0.1, 0.15) is 16.3 Å². The van der Waals surface area contributed by atoms with E-state index in [4.69, 9.17) is 22.1 Å². The highest BCUT2D eigenvalue weighted by molar-refractivity contribution is 7.20. The van der Waals surface area contributed by atoms with E-state index in [2.05, 4.69) is 9.88 Å². The predicted molar refractivity (Wildman–Crippen MR) is 117 cm³/mol. The zero-order valence-electron chi connectivity index (χ0n) is 16.3. The van der Waals surface area contributed by atoms with Gasteiger partial charge in [-0.1, -0.05) is 22.9 Å². The number of fused-ring (bicyclic) bond motifs is 2. The maximum absolute atomic E-state index is 12.6. The molecule has 2 fully saturated rings. The van der Waals surface area contributed by atoms with E-state index in [1.807, 2.05) is 37.1 Å². The smallest absolute Gasteiger partial charge is 0.410 e. The van der Waals surface area contributed by atoms with Gasteiger partial charge in [0, 0.05) is 31.1 Å². The van der Waals surface area contributed by atoms with Crippen molar-refractivity contribution in [3.63, 3.8) is 0 Å². The molecule has 2 aromatic heterocycles. The van der Waals surface area contributed by atoms with Crippen LogP contribution in [0.2, 0.25) is 5.02 Å². The number of nitrogens with zero attached hydrogens (tertiary/aromatic N) is 3. The van der Waals surface area contributed by atoms with Gasteiger partial charge in [-0.2, -0.15) is 0 Å². The van der Waals surface area contributed by atoms with E-state index in [0.29, 0.717) is 22.6 Å². The van der Waals surface area contributed by atoms with Crippen LogP contribution in [0.5, 0.6) is 0 Å². The van der Waals surface area contributed by atoms with Crippen molar-refractivity contribution in [3.05, 3.63) is 16.5 Å². The van der Waals surface area contributed by atoms with Gasteiger partial charge in [0.25, 0.3) is 0 Å². The Morgan fingerprint density at radius 2 is 2.18 bits per heavy atom.